The maximum absolute atomic E-state index is 12.4. The van der Waals surface area contributed by atoms with Gasteiger partial charge in [0.1, 0.15) is 10.7 Å². The molecule has 4 N–H and O–H groups in total. The van der Waals surface area contributed by atoms with Crippen LogP contribution in [0.3, 0.4) is 0 Å². The first-order valence-electron chi connectivity index (χ1n) is 8.21. The van der Waals surface area contributed by atoms with Gasteiger partial charge >= 0.3 is 0 Å². The molecule has 3 rings (SSSR count). The van der Waals surface area contributed by atoms with Crippen LogP contribution in [0.1, 0.15) is 11.1 Å². The first-order chi connectivity index (χ1) is 13.4. The minimum absolute atomic E-state index is 0.0312. The number of aromatic hydroxyl groups is 2. The van der Waals surface area contributed by atoms with Crippen molar-refractivity contribution < 1.29 is 19.7 Å². The number of aromatic nitrogens is 2. The first kappa shape index (κ1) is 18.8. The van der Waals surface area contributed by atoms with Crippen LogP contribution in [0.2, 0.25) is 0 Å². The molecule has 0 spiro atoms. The Morgan fingerprint density at radius 1 is 0.750 bits per heavy atom. The molecular formula is C20H18N2O6. The molecule has 3 aromatic rings. The minimum Gasteiger partial charge on any atom is -0.504 e. The Bertz CT molecular complexity index is 1160. The standard InChI is InChI=1S/C20H18N2O6/c1-27-17-9-11(3-5-15(17)23)7-13-19(25)22-14(20(26)21-13)8-12-4-6-16(24)18(10-12)28-2/h3-10,23-24H,1-2H3,(H,21,26)(H,22,25)/b13-7-,14-8-. The van der Waals surface area contributed by atoms with Crippen LogP contribution in [0.5, 0.6) is 23.0 Å². The van der Waals surface area contributed by atoms with Gasteiger partial charge in [-0.3, -0.25) is 9.59 Å². The average molecular weight is 382 g/mol. The van der Waals surface area contributed by atoms with Crippen molar-refractivity contribution in [2.45, 2.75) is 0 Å². The SMILES string of the molecule is COc1cc(/C=c2\[nH]c(=O)/c(=C/c3ccc(O)c(OC)c3)[nH]c2=O)ccc1O. The van der Waals surface area contributed by atoms with Gasteiger partial charge in [0, 0.05) is 0 Å². The van der Waals surface area contributed by atoms with Gasteiger partial charge in [0.15, 0.2) is 23.0 Å². The molecule has 0 bridgehead atoms. The van der Waals surface area contributed by atoms with Gasteiger partial charge in [0.2, 0.25) is 0 Å². The molecule has 0 saturated heterocycles. The van der Waals surface area contributed by atoms with E-state index in [9.17, 15) is 19.8 Å². The third-order valence-electron chi connectivity index (χ3n) is 4.02. The average Bonchev–Trinajstić information content (AvgIpc) is 2.68. The fourth-order valence-corrected chi connectivity index (χ4v) is 2.60. The van der Waals surface area contributed by atoms with Crippen LogP contribution in [-0.4, -0.2) is 34.4 Å². The lowest BCUT2D eigenvalue weighted by molar-refractivity contribution is 0.373. The van der Waals surface area contributed by atoms with Crippen LogP contribution in [0.4, 0.5) is 0 Å². The van der Waals surface area contributed by atoms with Crippen molar-refractivity contribution in [3.05, 3.63) is 78.9 Å². The van der Waals surface area contributed by atoms with Crippen molar-refractivity contribution in [1.29, 1.82) is 0 Å². The summed E-state index contributed by atoms with van der Waals surface area (Å²) in [6, 6.07) is 9.09. The molecule has 0 aliphatic rings. The summed E-state index contributed by atoms with van der Waals surface area (Å²) in [7, 11) is 2.83. The first-order valence-corrected chi connectivity index (χ1v) is 8.21. The number of hydrogen-bond acceptors (Lipinski definition) is 6. The van der Waals surface area contributed by atoms with Gasteiger partial charge in [-0.25, -0.2) is 0 Å². The van der Waals surface area contributed by atoms with Crippen LogP contribution in [0.15, 0.2) is 46.0 Å². The molecule has 2 aromatic carbocycles. The van der Waals surface area contributed by atoms with E-state index in [0.717, 1.165) is 0 Å². The zero-order valence-corrected chi connectivity index (χ0v) is 15.1. The molecule has 0 aliphatic carbocycles. The van der Waals surface area contributed by atoms with Crippen molar-refractivity contribution in [3.8, 4) is 23.0 Å². The molecule has 0 unspecified atom stereocenters. The normalized spacial score (nSPS) is 12.2. The van der Waals surface area contributed by atoms with Crippen LogP contribution in [-0.2, 0) is 0 Å². The van der Waals surface area contributed by atoms with Gasteiger partial charge in [-0.15, -0.1) is 0 Å². The highest BCUT2D eigenvalue weighted by Crippen LogP contribution is 2.27. The Morgan fingerprint density at radius 3 is 1.50 bits per heavy atom. The lowest BCUT2D eigenvalue weighted by atomic mass is 10.2. The summed E-state index contributed by atoms with van der Waals surface area (Å²) in [6.45, 7) is 0. The Labute approximate surface area is 158 Å². The number of nitrogens with one attached hydrogen (secondary N) is 2. The number of rotatable bonds is 4. The van der Waals surface area contributed by atoms with E-state index in [2.05, 4.69) is 9.97 Å². The van der Waals surface area contributed by atoms with Crippen LogP contribution < -0.4 is 31.3 Å². The molecule has 144 valence electrons. The van der Waals surface area contributed by atoms with Gasteiger partial charge in [-0.2, -0.15) is 0 Å². The molecule has 0 radical (unpaired) electrons. The van der Waals surface area contributed by atoms with Crippen molar-refractivity contribution in [2.24, 2.45) is 0 Å². The van der Waals surface area contributed by atoms with Gasteiger partial charge in [0.05, 0.1) is 14.2 Å². The predicted octanol–water partition coefficient (Wildman–Crippen LogP) is 0.149. The molecule has 0 saturated carbocycles. The predicted molar refractivity (Wildman–Crippen MR) is 103 cm³/mol. The zero-order valence-electron chi connectivity index (χ0n) is 15.1. The van der Waals surface area contributed by atoms with Gasteiger partial charge in [-0.1, -0.05) is 12.1 Å². The molecule has 0 fully saturated rings. The summed E-state index contributed by atoms with van der Waals surface area (Å²) in [6.07, 6.45) is 2.94. The summed E-state index contributed by atoms with van der Waals surface area (Å²) >= 11 is 0. The van der Waals surface area contributed by atoms with Gasteiger partial charge in [-0.05, 0) is 47.5 Å². The largest absolute Gasteiger partial charge is 0.504 e. The number of benzene rings is 2. The number of aromatic amines is 2. The number of phenols is 2. The lowest BCUT2D eigenvalue weighted by Gasteiger charge is -2.03. The summed E-state index contributed by atoms with van der Waals surface area (Å²) in [5.41, 5.74) is 0.138. The zero-order chi connectivity index (χ0) is 20.3. The Hall–Kier alpha value is -3.94. The molecule has 0 amide bonds. The third kappa shape index (κ3) is 3.90. The van der Waals surface area contributed by atoms with E-state index in [1.165, 1.54) is 50.6 Å². The van der Waals surface area contributed by atoms with E-state index in [1.54, 1.807) is 12.1 Å². The second-order valence-corrected chi connectivity index (χ2v) is 5.89. The maximum atomic E-state index is 12.4. The molecule has 8 heteroatoms. The van der Waals surface area contributed by atoms with Crippen molar-refractivity contribution in [2.75, 3.05) is 14.2 Å². The Kier molecular flexibility index (Phi) is 5.21. The van der Waals surface area contributed by atoms with E-state index in [4.69, 9.17) is 9.47 Å². The number of H-pyrrole nitrogens is 2. The van der Waals surface area contributed by atoms with Crippen LogP contribution >= 0.6 is 0 Å². The lowest BCUT2D eigenvalue weighted by Crippen LogP contribution is -2.46. The number of ether oxygens (including phenoxy) is 2. The summed E-state index contributed by atoms with van der Waals surface area (Å²) in [5, 5.41) is 19.4. The molecule has 28 heavy (non-hydrogen) atoms. The molecule has 0 aliphatic heterocycles. The summed E-state index contributed by atoms with van der Waals surface area (Å²) < 4.78 is 10.1. The monoisotopic (exact) mass is 382 g/mol. The van der Waals surface area contributed by atoms with Crippen molar-refractivity contribution in [1.82, 2.24) is 9.97 Å². The van der Waals surface area contributed by atoms with Crippen LogP contribution in [0.25, 0.3) is 12.2 Å². The Morgan fingerprint density at radius 2 is 1.14 bits per heavy atom. The van der Waals surface area contributed by atoms with E-state index in [1.807, 2.05) is 0 Å². The second kappa shape index (κ2) is 7.75. The van der Waals surface area contributed by atoms with Crippen LogP contribution in [0, 0.1) is 0 Å². The second-order valence-electron chi connectivity index (χ2n) is 5.89. The molecule has 1 heterocycles. The summed E-state index contributed by atoms with van der Waals surface area (Å²) in [5.74, 6) is 0.435. The number of phenolic OH excluding ortho intramolecular Hbond substituents is 2. The van der Waals surface area contributed by atoms with Gasteiger partial charge < -0.3 is 29.7 Å². The van der Waals surface area contributed by atoms with E-state index >= 15 is 0 Å². The molecule has 1 aromatic heterocycles. The highest BCUT2D eigenvalue weighted by atomic mass is 16.5. The minimum atomic E-state index is -0.497. The third-order valence-corrected chi connectivity index (χ3v) is 4.02. The Balaban J connectivity index is 2.09. The fourth-order valence-electron chi connectivity index (χ4n) is 2.60. The van der Waals surface area contributed by atoms with Crippen molar-refractivity contribution >= 4 is 12.2 Å². The fraction of sp³-hybridized carbons (Fsp3) is 0.100. The maximum Gasteiger partial charge on any atom is 0.272 e. The highest BCUT2D eigenvalue weighted by molar-refractivity contribution is 5.56. The number of methoxy groups -OCH3 is 2. The van der Waals surface area contributed by atoms with E-state index in [-0.39, 0.29) is 33.7 Å². The quantitative estimate of drug-likeness (QED) is 0.509. The smallest absolute Gasteiger partial charge is 0.272 e. The molecule has 0 atom stereocenters. The summed E-state index contributed by atoms with van der Waals surface area (Å²) in [4.78, 5) is 29.8. The molecular weight excluding hydrogens is 364 g/mol. The highest BCUT2D eigenvalue weighted by Gasteiger charge is 2.04. The van der Waals surface area contributed by atoms with E-state index < -0.39 is 11.1 Å². The van der Waals surface area contributed by atoms with E-state index in [0.29, 0.717) is 11.1 Å². The van der Waals surface area contributed by atoms with Gasteiger partial charge in [0.25, 0.3) is 11.1 Å². The number of hydrogen-bond donors (Lipinski definition) is 4. The molecule has 8 nitrogen and oxygen atoms in total. The van der Waals surface area contributed by atoms with Crippen molar-refractivity contribution in [3.63, 3.8) is 0 Å². The topological polar surface area (TPSA) is 125 Å².